The van der Waals surface area contributed by atoms with Crippen LogP contribution in [0.15, 0.2) is 24.3 Å². The number of ether oxygens (including phenoxy) is 2. The number of hydrogen-bond donors (Lipinski definition) is 0. The van der Waals surface area contributed by atoms with Gasteiger partial charge in [-0.05, 0) is 51.2 Å². The highest BCUT2D eigenvalue weighted by Gasteiger charge is 2.56. The summed E-state index contributed by atoms with van der Waals surface area (Å²) in [6, 6.07) is 7.30. The van der Waals surface area contributed by atoms with Crippen molar-refractivity contribution in [1.82, 2.24) is 0 Å². The number of carbonyl (C=O) groups excluding carboxylic acids is 2. The van der Waals surface area contributed by atoms with Gasteiger partial charge in [-0.3, -0.25) is 9.59 Å². The van der Waals surface area contributed by atoms with Crippen LogP contribution in [-0.2, 0) is 9.53 Å². The minimum Gasteiger partial charge on any atom is -0.496 e. The predicted octanol–water partition coefficient (Wildman–Crippen LogP) is 5.83. The summed E-state index contributed by atoms with van der Waals surface area (Å²) >= 11 is 0. The number of benzene rings is 1. The molecule has 1 aromatic carbocycles. The molecule has 0 unspecified atom stereocenters. The molecule has 0 bridgehead atoms. The molecule has 1 aromatic rings. The molecule has 28 heavy (non-hydrogen) atoms. The molecule has 1 fully saturated rings. The van der Waals surface area contributed by atoms with Gasteiger partial charge in [-0.2, -0.15) is 0 Å². The Hall–Kier alpha value is -1.84. The first-order valence-electron chi connectivity index (χ1n) is 10.7. The van der Waals surface area contributed by atoms with Crippen molar-refractivity contribution in [3.63, 3.8) is 0 Å². The maximum Gasteiger partial charge on any atom is 0.310 e. The van der Waals surface area contributed by atoms with Crippen molar-refractivity contribution in [1.29, 1.82) is 0 Å². The van der Waals surface area contributed by atoms with Gasteiger partial charge in [0.15, 0.2) is 5.78 Å². The molecule has 0 heterocycles. The molecule has 0 spiro atoms. The molecule has 1 saturated carbocycles. The molecule has 4 heteroatoms. The molecule has 3 atom stereocenters. The summed E-state index contributed by atoms with van der Waals surface area (Å²) in [5.74, 6) is 0.684. The number of methoxy groups -OCH3 is 1. The van der Waals surface area contributed by atoms with E-state index in [1.807, 2.05) is 32.9 Å². The maximum atomic E-state index is 12.9. The quantitative estimate of drug-likeness (QED) is 0.272. The highest BCUT2D eigenvalue weighted by Crippen LogP contribution is 2.53. The van der Waals surface area contributed by atoms with E-state index in [1.54, 1.807) is 19.2 Å². The van der Waals surface area contributed by atoms with E-state index in [4.69, 9.17) is 9.47 Å². The Morgan fingerprint density at radius 1 is 1.00 bits per heavy atom. The number of rotatable bonds is 11. The van der Waals surface area contributed by atoms with Crippen molar-refractivity contribution in [2.75, 3.05) is 7.11 Å². The van der Waals surface area contributed by atoms with Crippen LogP contribution in [0.3, 0.4) is 0 Å². The summed E-state index contributed by atoms with van der Waals surface area (Å²) in [6.45, 7) is 7.88. The second kappa shape index (κ2) is 10.1. The van der Waals surface area contributed by atoms with Crippen molar-refractivity contribution >= 4 is 11.8 Å². The molecule has 0 radical (unpaired) electrons. The van der Waals surface area contributed by atoms with Gasteiger partial charge in [0.2, 0.25) is 0 Å². The average Bonchev–Trinajstić information content (AvgIpc) is 3.32. The minimum absolute atomic E-state index is 0.0458. The first-order valence-corrected chi connectivity index (χ1v) is 10.7. The lowest BCUT2D eigenvalue weighted by atomic mass is 10.0. The van der Waals surface area contributed by atoms with Gasteiger partial charge >= 0.3 is 5.97 Å². The van der Waals surface area contributed by atoms with Crippen molar-refractivity contribution in [3.05, 3.63) is 29.8 Å². The van der Waals surface area contributed by atoms with Gasteiger partial charge in [0.25, 0.3) is 0 Å². The fourth-order valence-electron chi connectivity index (χ4n) is 4.02. The summed E-state index contributed by atoms with van der Waals surface area (Å²) < 4.78 is 10.9. The van der Waals surface area contributed by atoms with Crippen LogP contribution in [0.1, 0.15) is 83.0 Å². The third-order valence-corrected chi connectivity index (χ3v) is 5.48. The van der Waals surface area contributed by atoms with Gasteiger partial charge in [-0.25, -0.2) is 0 Å². The van der Waals surface area contributed by atoms with E-state index in [0.29, 0.717) is 17.7 Å². The van der Waals surface area contributed by atoms with Crippen molar-refractivity contribution in [2.45, 2.75) is 78.2 Å². The van der Waals surface area contributed by atoms with Crippen molar-refractivity contribution < 1.29 is 19.1 Å². The molecule has 156 valence electrons. The molecule has 4 nitrogen and oxygen atoms in total. The van der Waals surface area contributed by atoms with Crippen LogP contribution in [0.5, 0.6) is 5.75 Å². The van der Waals surface area contributed by atoms with Crippen molar-refractivity contribution in [3.8, 4) is 5.75 Å². The molecule has 0 aromatic heterocycles. The maximum absolute atomic E-state index is 12.9. The number of Topliss-reactive ketones (excluding diaryl/α,β-unsaturated/α-hetero) is 1. The van der Waals surface area contributed by atoms with Crippen LogP contribution >= 0.6 is 0 Å². The highest BCUT2D eigenvalue weighted by molar-refractivity contribution is 5.99. The fourth-order valence-corrected chi connectivity index (χ4v) is 4.02. The molecule has 1 aliphatic carbocycles. The smallest absolute Gasteiger partial charge is 0.310 e. The number of carbonyl (C=O) groups is 2. The van der Waals surface area contributed by atoms with E-state index in [9.17, 15) is 9.59 Å². The Bertz CT molecular complexity index is 659. The lowest BCUT2D eigenvalue weighted by molar-refractivity contribution is -0.157. The zero-order valence-electron chi connectivity index (χ0n) is 18.1. The Balaban J connectivity index is 2.01. The Labute approximate surface area is 170 Å². The molecular formula is C24H36O4. The Morgan fingerprint density at radius 2 is 1.68 bits per heavy atom. The zero-order chi connectivity index (χ0) is 20.7. The lowest BCUT2D eigenvalue weighted by Crippen LogP contribution is -2.25. The number of ketones is 1. The highest BCUT2D eigenvalue weighted by atomic mass is 16.6. The monoisotopic (exact) mass is 388 g/mol. The largest absolute Gasteiger partial charge is 0.496 e. The van der Waals surface area contributed by atoms with Crippen LogP contribution < -0.4 is 4.74 Å². The second-order valence-electron chi connectivity index (χ2n) is 8.92. The van der Waals surface area contributed by atoms with Gasteiger partial charge < -0.3 is 9.47 Å². The van der Waals surface area contributed by atoms with Gasteiger partial charge in [-0.15, -0.1) is 0 Å². The van der Waals surface area contributed by atoms with E-state index < -0.39 is 5.60 Å². The third-order valence-electron chi connectivity index (χ3n) is 5.48. The SMILES string of the molecule is CCCCCCC[C@H]1[C@H](CC(=O)c2ccccc2OC)[C@H]1C(=O)OC(C)(C)C. The Kier molecular flexibility index (Phi) is 8.09. The van der Waals surface area contributed by atoms with Crippen LogP contribution in [0.25, 0.3) is 0 Å². The summed E-state index contributed by atoms with van der Waals surface area (Å²) in [5.41, 5.74) is 0.101. The third kappa shape index (κ3) is 6.35. The Morgan fingerprint density at radius 3 is 2.32 bits per heavy atom. The summed E-state index contributed by atoms with van der Waals surface area (Å²) in [7, 11) is 1.58. The van der Waals surface area contributed by atoms with Crippen LogP contribution in [0, 0.1) is 17.8 Å². The molecular weight excluding hydrogens is 352 g/mol. The van der Waals surface area contributed by atoms with Gasteiger partial charge in [0.05, 0.1) is 18.6 Å². The number of esters is 1. The first kappa shape index (κ1) is 22.4. The topological polar surface area (TPSA) is 52.6 Å². The number of hydrogen-bond acceptors (Lipinski definition) is 4. The average molecular weight is 389 g/mol. The number of para-hydroxylation sites is 1. The van der Waals surface area contributed by atoms with Crippen LogP contribution in [-0.4, -0.2) is 24.5 Å². The van der Waals surface area contributed by atoms with Crippen LogP contribution in [0.4, 0.5) is 0 Å². The van der Waals surface area contributed by atoms with Gasteiger partial charge in [-0.1, -0.05) is 51.2 Å². The standard InChI is InChI=1S/C24H36O4/c1-6-7-8-9-10-13-17-19(22(17)23(26)28-24(2,3)4)16-20(25)18-14-11-12-15-21(18)27-5/h11-12,14-15,17,19,22H,6-10,13,16H2,1-5H3/t17-,19-,22-/m0/s1. The van der Waals surface area contributed by atoms with E-state index in [2.05, 4.69) is 6.92 Å². The summed E-state index contributed by atoms with van der Waals surface area (Å²) in [6.07, 6.45) is 7.41. The van der Waals surface area contributed by atoms with Gasteiger partial charge in [0, 0.05) is 6.42 Å². The van der Waals surface area contributed by atoms with E-state index in [0.717, 1.165) is 12.8 Å². The lowest BCUT2D eigenvalue weighted by Gasteiger charge is -2.19. The van der Waals surface area contributed by atoms with Crippen LogP contribution in [0.2, 0.25) is 0 Å². The first-order chi connectivity index (χ1) is 13.3. The zero-order valence-corrected chi connectivity index (χ0v) is 18.1. The summed E-state index contributed by atoms with van der Waals surface area (Å²) in [4.78, 5) is 25.5. The van der Waals surface area contributed by atoms with E-state index >= 15 is 0 Å². The minimum atomic E-state index is -0.497. The second-order valence-corrected chi connectivity index (χ2v) is 8.92. The molecule has 0 aliphatic heterocycles. The molecule has 0 amide bonds. The predicted molar refractivity (Wildman–Crippen MR) is 112 cm³/mol. The van der Waals surface area contributed by atoms with Gasteiger partial charge in [0.1, 0.15) is 11.4 Å². The number of unbranched alkanes of at least 4 members (excludes halogenated alkanes) is 4. The molecule has 0 saturated heterocycles. The van der Waals surface area contributed by atoms with E-state index in [-0.39, 0.29) is 29.5 Å². The van der Waals surface area contributed by atoms with E-state index in [1.165, 1.54) is 25.7 Å². The molecule has 0 N–H and O–H groups in total. The normalized spacial score (nSPS) is 21.2. The fraction of sp³-hybridized carbons (Fsp3) is 0.667. The summed E-state index contributed by atoms with van der Waals surface area (Å²) in [5, 5.41) is 0. The van der Waals surface area contributed by atoms with Crippen molar-refractivity contribution in [2.24, 2.45) is 17.8 Å². The molecule has 2 rings (SSSR count). The molecule has 1 aliphatic rings.